The van der Waals surface area contributed by atoms with Gasteiger partial charge < -0.3 is 15.3 Å². The Balaban J connectivity index is 1.68. The average molecular weight is 419 g/mol. The van der Waals surface area contributed by atoms with Crippen LogP contribution in [0.2, 0.25) is 0 Å². The molecule has 0 aliphatic heterocycles. The van der Waals surface area contributed by atoms with Crippen LogP contribution in [0.5, 0.6) is 0 Å². The molecular weight excluding hydrogens is 376 g/mol. The van der Waals surface area contributed by atoms with E-state index in [4.69, 9.17) is 5.11 Å². The summed E-state index contributed by atoms with van der Waals surface area (Å²) in [4.78, 5) is 10.6. The Bertz CT molecular complexity index is 600. The van der Waals surface area contributed by atoms with Crippen molar-refractivity contribution in [1.82, 2.24) is 0 Å². The summed E-state index contributed by atoms with van der Waals surface area (Å²) in [7, 11) is 0. The fourth-order valence-corrected chi connectivity index (χ4v) is 4.99. The van der Waals surface area contributed by atoms with E-state index in [0.29, 0.717) is 18.3 Å². The summed E-state index contributed by atoms with van der Waals surface area (Å²) in [5.74, 6) is 6.36. The number of carbonyl (C=O) groups is 1. The van der Waals surface area contributed by atoms with Crippen LogP contribution in [-0.4, -0.2) is 33.5 Å². The van der Waals surface area contributed by atoms with Crippen LogP contribution in [-0.2, 0) is 4.79 Å². The molecule has 3 N–H and O–H groups in total. The Kier molecular flexibility index (Phi) is 11.6. The second kappa shape index (κ2) is 13.9. The van der Waals surface area contributed by atoms with Crippen molar-refractivity contribution in [3.63, 3.8) is 0 Å². The minimum Gasteiger partial charge on any atom is -0.481 e. The van der Waals surface area contributed by atoms with Crippen LogP contribution >= 0.6 is 0 Å². The first kappa shape index (κ1) is 25.0. The first-order valence-electron chi connectivity index (χ1n) is 12.3. The van der Waals surface area contributed by atoms with Crippen molar-refractivity contribution < 1.29 is 20.1 Å². The van der Waals surface area contributed by atoms with Gasteiger partial charge in [0.1, 0.15) is 6.10 Å². The summed E-state index contributed by atoms with van der Waals surface area (Å²) in [5, 5.41) is 29.4. The number of allylic oxidation sites excluding steroid dienone is 2. The van der Waals surface area contributed by atoms with Gasteiger partial charge >= 0.3 is 5.97 Å². The highest BCUT2D eigenvalue weighted by atomic mass is 16.4. The molecule has 1 unspecified atom stereocenters. The molecule has 2 fully saturated rings. The van der Waals surface area contributed by atoms with Crippen LogP contribution < -0.4 is 0 Å². The van der Waals surface area contributed by atoms with E-state index in [1.165, 1.54) is 44.1 Å². The lowest BCUT2D eigenvalue weighted by atomic mass is 9.57. The minimum absolute atomic E-state index is 0.0341. The second-order valence-electron chi connectivity index (χ2n) is 9.28. The number of fused-ring (bicyclic) bond motifs is 1. The summed E-state index contributed by atoms with van der Waals surface area (Å²) in [6.07, 6.45) is 16.4. The van der Waals surface area contributed by atoms with Crippen LogP contribution in [0, 0.1) is 29.6 Å². The molecule has 30 heavy (non-hydrogen) atoms. The molecular formula is C26H42O4. The highest BCUT2D eigenvalue weighted by Crippen LogP contribution is 2.51. The van der Waals surface area contributed by atoms with Crippen molar-refractivity contribution in [2.75, 3.05) is 0 Å². The van der Waals surface area contributed by atoms with Crippen LogP contribution in [0.4, 0.5) is 0 Å². The lowest BCUT2D eigenvalue weighted by Crippen LogP contribution is -2.44. The van der Waals surface area contributed by atoms with Gasteiger partial charge in [-0.05, 0) is 56.8 Å². The number of carboxylic acids is 1. The number of aliphatic carboxylic acids is 1. The van der Waals surface area contributed by atoms with Crippen molar-refractivity contribution in [2.24, 2.45) is 17.8 Å². The Morgan fingerprint density at radius 1 is 1.10 bits per heavy atom. The number of hydrogen-bond acceptors (Lipinski definition) is 3. The SMILES string of the molecule is CCCCCCCCCCC(O)C#C[C@H]1[C@@H]2CC(=CCCCC(=O)O)[C@@H]2CC[C@@H]1O. The van der Waals surface area contributed by atoms with Gasteiger partial charge in [-0.25, -0.2) is 0 Å². The summed E-state index contributed by atoms with van der Waals surface area (Å²) >= 11 is 0. The molecule has 4 heteroatoms. The fraction of sp³-hybridized carbons (Fsp3) is 0.808. The summed E-state index contributed by atoms with van der Waals surface area (Å²) in [6.45, 7) is 2.24. The first-order chi connectivity index (χ1) is 14.5. The molecule has 0 radical (unpaired) electrons. The van der Waals surface area contributed by atoms with E-state index in [2.05, 4.69) is 24.8 Å². The quantitative estimate of drug-likeness (QED) is 0.210. The van der Waals surface area contributed by atoms with Crippen LogP contribution in [0.15, 0.2) is 11.6 Å². The van der Waals surface area contributed by atoms with Gasteiger partial charge in [0.15, 0.2) is 0 Å². The Morgan fingerprint density at radius 2 is 1.80 bits per heavy atom. The number of carboxylic acid groups (broad SMARTS) is 1. The fourth-order valence-electron chi connectivity index (χ4n) is 4.99. The molecule has 2 aliphatic rings. The van der Waals surface area contributed by atoms with Crippen molar-refractivity contribution in [1.29, 1.82) is 0 Å². The third kappa shape index (κ3) is 8.44. The van der Waals surface area contributed by atoms with Crippen LogP contribution in [0.25, 0.3) is 0 Å². The predicted molar refractivity (Wildman–Crippen MR) is 121 cm³/mol. The molecule has 0 heterocycles. The number of unbranched alkanes of at least 4 members (excludes halogenated alkanes) is 8. The van der Waals surface area contributed by atoms with E-state index in [1.54, 1.807) is 0 Å². The largest absolute Gasteiger partial charge is 0.481 e. The molecule has 0 aromatic rings. The zero-order valence-electron chi connectivity index (χ0n) is 18.8. The molecule has 4 nitrogen and oxygen atoms in total. The van der Waals surface area contributed by atoms with E-state index < -0.39 is 12.1 Å². The standard InChI is InChI=1S/C26H42O4/c1-2-3-4-5-6-7-8-9-13-21(27)15-16-23-24-19-20(12-10-11-14-26(29)30)22(24)17-18-25(23)28/h12,21-25,27-28H,2-11,13-14,17-19H2,1H3,(H,29,30)/t21?,22-,23-,24+,25-/m0/s1. The summed E-state index contributed by atoms with van der Waals surface area (Å²) in [5.41, 5.74) is 1.42. The lowest BCUT2D eigenvalue weighted by Gasteiger charge is -2.48. The first-order valence-corrected chi connectivity index (χ1v) is 12.3. The van der Waals surface area contributed by atoms with Gasteiger partial charge in [-0.15, -0.1) is 0 Å². The van der Waals surface area contributed by atoms with Gasteiger partial charge in [0.05, 0.1) is 12.0 Å². The molecule has 0 amide bonds. The smallest absolute Gasteiger partial charge is 0.303 e. The van der Waals surface area contributed by atoms with E-state index in [1.807, 2.05) is 0 Å². The third-order valence-corrected chi connectivity index (χ3v) is 6.86. The van der Waals surface area contributed by atoms with E-state index >= 15 is 0 Å². The van der Waals surface area contributed by atoms with Crippen LogP contribution in [0.1, 0.15) is 103 Å². The Labute approximate surface area is 183 Å². The van der Waals surface area contributed by atoms with E-state index in [0.717, 1.165) is 44.9 Å². The van der Waals surface area contributed by atoms with Crippen molar-refractivity contribution in [2.45, 2.75) is 115 Å². The minimum atomic E-state index is -0.735. The third-order valence-electron chi connectivity index (χ3n) is 6.86. The summed E-state index contributed by atoms with van der Waals surface area (Å²) in [6, 6.07) is 0. The highest BCUT2D eigenvalue weighted by Gasteiger charge is 2.46. The molecule has 0 aromatic carbocycles. The maximum atomic E-state index is 10.6. The monoisotopic (exact) mass is 418 g/mol. The molecule has 2 saturated carbocycles. The maximum absolute atomic E-state index is 10.6. The molecule has 0 bridgehead atoms. The number of aliphatic hydroxyl groups is 2. The molecule has 0 aromatic heterocycles. The predicted octanol–water partition coefficient (Wildman–Crippen LogP) is 5.47. The molecule has 2 aliphatic carbocycles. The zero-order chi connectivity index (χ0) is 21.8. The van der Waals surface area contributed by atoms with Crippen molar-refractivity contribution in [3.8, 4) is 11.8 Å². The average Bonchev–Trinajstić information content (AvgIpc) is 2.69. The Hall–Kier alpha value is -1.31. The van der Waals surface area contributed by atoms with Gasteiger partial charge in [0.2, 0.25) is 0 Å². The number of aliphatic hydroxyl groups excluding tert-OH is 2. The number of hydrogen-bond donors (Lipinski definition) is 3. The topological polar surface area (TPSA) is 77.8 Å². The summed E-state index contributed by atoms with van der Waals surface area (Å²) < 4.78 is 0. The molecule has 0 saturated heterocycles. The normalized spacial score (nSPS) is 27.6. The highest BCUT2D eigenvalue weighted by molar-refractivity contribution is 5.66. The van der Waals surface area contributed by atoms with Gasteiger partial charge in [0.25, 0.3) is 0 Å². The molecule has 5 atom stereocenters. The van der Waals surface area contributed by atoms with Gasteiger partial charge in [-0.2, -0.15) is 0 Å². The van der Waals surface area contributed by atoms with Crippen molar-refractivity contribution in [3.05, 3.63) is 11.6 Å². The van der Waals surface area contributed by atoms with Gasteiger partial charge in [-0.3, -0.25) is 4.79 Å². The van der Waals surface area contributed by atoms with E-state index in [9.17, 15) is 15.0 Å². The van der Waals surface area contributed by atoms with Crippen LogP contribution in [0.3, 0.4) is 0 Å². The van der Waals surface area contributed by atoms with Crippen molar-refractivity contribution >= 4 is 5.97 Å². The molecule has 0 spiro atoms. The van der Waals surface area contributed by atoms with Gasteiger partial charge in [-0.1, -0.05) is 75.4 Å². The second-order valence-corrected chi connectivity index (χ2v) is 9.28. The van der Waals surface area contributed by atoms with E-state index in [-0.39, 0.29) is 18.4 Å². The molecule has 170 valence electrons. The number of rotatable bonds is 13. The Morgan fingerprint density at radius 3 is 2.50 bits per heavy atom. The van der Waals surface area contributed by atoms with Gasteiger partial charge in [0, 0.05) is 6.42 Å². The maximum Gasteiger partial charge on any atom is 0.303 e. The zero-order valence-corrected chi connectivity index (χ0v) is 18.8. The molecule has 2 rings (SSSR count). The lowest BCUT2D eigenvalue weighted by molar-refractivity contribution is -0.137.